The number of benzene rings is 1. The Kier molecular flexibility index (Phi) is 5.16. The fourth-order valence-electron chi connectivity index (χ4n) is 1.78. The third kappa shape index (κ3) is 4.21. The quantitative estimate of drug-likeness (QED) is 0.338. The number of hydrogen-bond acceptors (Lipinski definition) is 2. The van der Waals surface area contributed by atoms with Gasteiger partial charge in [0.2, 0.25) is 0 Å². The van der Waals surface area contributed by atoms with Gasteiger partial charge in [-0.3, -0.25) is 0 Å². The largest absolute Gasteiger partial charge is 0.471 e. The van der Waals surface area contributed by atoms with Gasteiger partial charge in [0.05, 0.1) is 5.92 Å². The van der Waals surface area contributed by atoms with Crippen molar-refractivity contribution in [1.29, 1.82) is 0 Å². The Morgan fingerprint density at radius 2 is 2.21 bits per heavy atom. The minimum absolute atomic E-state index is 0.106. The van der Waals surface area contributed by atoms with E-state index in [0.29, 0.717) is 12.5 Å². The standard InChI is InChI=1S/C15H14IN2O/c1-17-18-15(13-7-9-14(16)10-8-13)19-11-12-5-3-2-4-6-12/h1-7,9-10,13H,8,11H2/q+1/b18-15-. The molecule has 1 aliphatic carbocycles. The van der Waals surface area contributed by atoms with Crippen molar-refractivity contribution in [2.24, 2.45) is 11.0 Å². The Balaban J connectivity index is 2.01. The van der Waals surface area contributed by atoms with E-state index in [0.717, 1.165) is 12.0 Å². The highest BCUT2D eigenvalue weighted by Gasteiger charge is 2.20. The monoisotopic (exact) mass is 365 g/mol. The molecule has 0 saturated carbocycles. The molecule has 0 saturated heterocycles. The second-order valence-corrected chi connectivity index (χ2v) is 5.36. The minimum Gasteiger partial charge on any atom is -0.471 e. The maximum atomic E-state index is 5.74. The van der Waals surface area contributed by atoms with E-state index in [1.807, 2.05) is 36.4 Å². The van der Waals surface area contributed by atoms with Crippen LogP contribution in [0, 0.1) is 12.5 Å². The summed E-state index contributed by atoms with van der Waals surface area (Å²) in [6.07, 6.45) is 7.12. The smallest absolute Gasteiger partial charge is 0.307 e. The molecule has 2 rings (SSSR count). The summed E-state index contributed by atoms with van der Waals surface area (Å²) in [7, 11) is 0. The molecule has 3 nitrogen and oxygen atoms in total. The van der Waals surface area contributed by atoms with Gasteiger partial charge in [-0.25, -0.2) is 0 Å². The van der Waals surface area contributed by atoms with Crippen LogP contribution in [0.15, 0.2) is 57.2 Å². The molecule has 0 bridgehead atoms. The molecule has 19 heavy (non-hydrogen) atoms. The third-order valence-corrected chi connectivity index (χ3v) is 3.56. The Bertz CT molecular complexity index is 555. The van der Waals surface area contributed by atoms with Crippen LogP contribution in [-0.2, 0) is 11.3 Å². The molecule has 0 amide bonds. The van der Waals surface area contributed by atoms with Crippen LogP contribution >= 0.6 is 22.6 Å². The number of rotatable bonds is 3. The first-order chi connectivity index (χ1) is 9.29. The molecular formula is C15H14IN2O+. The van der Waals surface area contributed by atoms with E-state index in [2.05, 4.69) is 44.8 Å². The molecule has 0 heterocycles. The van der Waals surface area contributed by atoms with Crippen molar-refractivity contribution in [3.63, 3.8) is 0 Å². The van der Waals surface area contributed by atoms with Gasteiger partial charge in [0.25, 0.3) is 5.90 Å². The van der Waals surface area contributed by atoms with Crippen LogP contribution in [0.25, 0.3) is 4.95 Å². The SMILES string of the molecule is C#[N+]/N=C(\OCc1ccccc1)C1C=CC(I)=CC1. The van der Waals surface area contributed by atoms with Crippen molar-refractivity contribution in [3.8, 4) is 6.57 Å². The molecule has 1 aromatic carbocycles. The third-order valence-electron chi connectivity index (χ3n) is 2.76. The maximum Gasteiger partial charge on any atom is 0.307 e. The molecule has 0 aliphatic heterocycles. The lowest BCUT2D eigenvalue weighted by Gasteiger charge is -2.14. The summed E-state index contributed by atoms with van der Waals surface area (Å²) < 4.78 is 6.96. The van der Waals surface area contributed by atoms with E-state index in [4.69, 9.17) is 11.3 Å². The van der Waals surface area contributed by atoms with Gasteiger partial charge in [-0.1, -0.05) is 48.6 Å². The molecule has 0 fully saturated rings. The second-order valence-electron chi connectivity index (χ2n) is 4.12. The van der Waals surface area contributed by atoms with E-state index in [1.165, 1.54) is 3.58 Å². The summed E-state index contributed by atoms with van der Waals surface area (Å²) in [5.74, 6) is 0.664. The van der Waals surface area contributed by atoms with E-state index >= 15 is 0 Å². The highest BCUT2D eigenvalue weighted by molar-refractivity contribution is 14.1. The van der Waals surface area contributed by atoms with Gasteiger partial charge in [0.15, 0.2) is 5.10 Å². The van der Waals surface area contributed by atoms with Crippen LogP contribution < -0.4 is 0 Å². The Morgan fingerprint density at radius 1 is 1.42 bits per heavy atom. The highest BCUT2D eigenvalue weighted by atomic mass is 127. The summed E-state index contributed by atoms with van der Waals surface area (Å²) >= 11 is 2.29. The minimum atomic E-state index is 0.106. The van der Waals surface area contributed by atoms with Gasteiger partial charge in [-0.05, 0) is 34.6 Å². The normalized spacial score (nSPS) is 18.6. The molecular weight excluding hydrogens is 351 g/mol. The Hall–Kier alpha value is -1.61. The van der Waals surface area contributed by atoms with Gasteiger partial charge < -0.3 is 4.74 Å². The highest BCUT2D eigenvalue weighted by Crippen LogP contribution is 2.22. The van der Waals surface area contributed by atoms with Crippen molar-refractivity contribution in [1.82, 2.24) is 0 Å². The number of hydrogen-bond donors (Lipinski definition) is 0. The predicted molar refractivity (Wildman–Crippen MR) is 86.3 cm³/mol. The van der Waals surface area contributed by atoms with E-state index in [9.17, 15) is 0 Å². The summed E-state index contributed by atoms with van der Waals surface area (Å²) in [4.78, 5) is 3.35. The summed E-state index contributed by atoms with van der Waals surface area (Å²) in [5, 5.41) is 3.90. The first-order valence-corrected chi connectivity index (χ1v) is 7.06. The van der Waals surface area contributed by atoms with E-state index < -0.39 is 0 Å². The first kappa shape index (κ1) is 13.8. The summed E-state index contributed by atoms with van der Waals surface area (Å²) in [6, 6.07) is 9.96. The fraction of sp³-hybridized carbons (Fsp3) is 0.200. The van der Waals surface area contributed by atoms with E-state index in [1.54, 1.807) is 0 Å². The molecule has 1 unspecified atom stereocenters. The van der Waals surface area contributed by atoms with Crippen molar-refractivity contribution < 1.29 is 4.74 Å². The zero-order chi connectivity index (χ0) is 13.5. The summed E-state index contributed by atoms with van der Waals surface area (Å²) in [6.45, 7) is 5.62. The van der Waals surface area contributed by atoms with Crippen LogP contribution in [0.4, 0.5) is 0 Å². The van der Waals surface area contributed by atoms with Crippen molar-refractivity contribution in [3.05, 3.63) is 62.7 Å². The molecule has 96 valence electrons. The number of nitrogens with zero attached hydrogens (tertiary/aromatic N) is 2. The summed E-state index contributed by atoms with van der Waals surface area (Å²) in [5.41, 5.74) is 1.09. The van der Waals surface area contributed by atoms with Gasteiger partial charge in [-0.15, -0.1) is 0 Å². The van der Waals surface area contributed by atoms with Crippen LogP contribution in [0.5, 0.6) is 0 Å². The van der Waals surface area contributed by atoms with Gasteiger partial charge in [0.1, 0.15) is 11.6 Å². The predicted octanol–water partition coefficient (Wildman–Crippen LogP) is 4.37. The lowest BCUT2D eigenvalue weighted by Crippen LogP contribution is -2.16. The fourth-order valence-corrected chi connectivity index (χ4v) is 2.24. The number of ether oxygens (including phenoxy) is 1. The van der Waals surface area contributed by atoms with Gasteiger partial charge >= 0.3 is 6.57 Å². The molecule has 1 atom stereocenters. The lowest BCUT2D eigenvalue weighted by molar-refractivity contribution is 0.275. The molecule has 4 heteroatoms. The van der Waals surface area contributed by atoms with Crippen molar-refractivity contribution >= 4 is 28.5 Å². The first-order valence-electron chi connectivity index (χ1n) is 5.98. The van der Waals surface area contributed by atoms with E-state index in [-0.39, 0.29) is 5.92 Å². The molecule has 0 radical (unpaired) electrons. The van der Waals surface area contributed by atoms with Crippen LogP contribution in [0.2, 0.25) is 0 Å². The molecule has 0 aromatic heterocycles. The second kappa shape index (κ2) is 7.10. The topological polar surface area (TPSA) is 25.9 Å². The average molecular weight is 365 g/mol. The maximum absolute atomic E-state index is 5.74. The van der Waals surface area contributed by atoms with Crippen molar-refractivity contribution in [2.45, 2.75) is 13.0 Å². The van der Waals surface area contributed by atoms with Gasteiger partial charge in [-0.2, -0.15) is 0 Å². The number of halogens is 1. The van der Waals surface area contributed by atoms with Gasteiger partial charge in [0, 0.05) is 3.58 Å². The molecule has 1 aromatic rings. The Labute approximate surface area is 126 Å². The van der Waals surface area contributed by atoms with Crippen LogP contribution in [0.1, 0.15) is 12.0 Å². The van der Waals surface area contributed by atoms with Crippen LogP contribution in [0.3, 0.4) is 0 Å². The molecule has 0 N–H and O–H groups in total. The average Bonchev–Trinajstić information content (AvgIpc) is 2.46. The zero-order valence-electron chi connectivity index (χ0n) is 10.4. The van der Waals surface area contributed by atoms with Crippen molar-refractivity contribution in [2.75, 3.05) is 0 Å². The lowest BCUT2D eigenvalue weighted by atomic mass is 10.0. The molecule has 0 spiro atoms. The van der Waals surface area contributed by atoms with Crippen LogP contribution in [-0.4, -0.2) is 5.90 Å². The Morgan fingerprint density at radius 3 is 2.84 bits per heavy atom. The molecule has 1 aliphatic rings. The zero-order valence-corrected chi connectivity index (χ0v) is 12.5. The number of allylic oxidation sites excluding steroid dienone is 3.